The number of aromatic nitrogens is 2. The van der Waals surface area contributed by atoms with Crippen LogP contribution < -0.4 is 5.32 Å². The Morgan fingerprint density at radius 3 is 2.94 bits per heavy atom. The average molecular weight is 243 g/mol. The molecule has 5 nitrogen and oxygen atoms in total. The number of aliphatic hydroxyl groups excluding tert-OH is 1. The topological polar surface area (TPSA) is 75.1 Å². The molecular weight excluding hydrogens is 226 g/mol. The second-order valence-electron chi connectivity index (χ2n) is 3.87. The summed E-state index contributed by atoms with van der Waals surface area (Å²) in [5.74, 6) is 0.188. The summed E-state index contributed by atoms with van der Waals surface area (Å²) in [5.41, 5.74) is 0.672. The van der Waals surface area contributed by atoms with E-state index >= 15 is 0 Å². The maximum absolute atomic E-state index is 11.6. The number of rotatable bonds is 6. The number of hydrogen-bond acceptors (Lipinski definition) is 5. The van der Waals surface area contributed by atoms with E-state index in [1.54, 1.807) is 6.92 Å². The molecule has 0 bridgehead atoms. The normalized spacial score (nSPS) is 12.4. The van der Waals surface area contributed by atoms with E-state index in [2.05, 4.69) is 14.9 Å². The molecule has 0 spiro atoms. The van der Waals surface area contributed by atoms with Gasteiger partial charge >= 0.3 is 0 Å². The lowest BCUT2D eigenvalue weighted by Crippen LogP contribution is -2.24. The highest BCUT2D eigenvalue weighted by molar-refractivity contribution is 7.07. The first-order chi connectivity index (χ1) is 7.65. The first kappa shape index (κ1) is 13.1. The summed E-state index contributed by atoms with van der Waals surface area (Å²) in [6.45, 7) is 4.58. The van der Waals surface area contributed by atoms with Crippen molar-refractivity contribution in [2.45, 2.75) is 26.7 Å². The predicted molar refractivity (Wildman–Crippen MR) is 62.5 cm³/mol. The summed E-state index contributed by atoms with van der Waals surface area (Å²) in [7, 11) is 0. The van der Waals surface area contributed by atoms with Gasteiger partial charge in [0.1, 0.15) is 4.88 Å². The molecule has 0 aromatic carbocycles. The van der Waals surface area contributed by atoms with Crippen molar-refractivity contribution in [1.29, 1.82) is 0 Å². The van der Waals surface area contributed by atoms with Crippen molar-refractivity contribution in [3.63, 3.8) is 0 Å². The molecule has 0 aliphatic heterocycles. The molecular formula is C10H17N3O2S. The molecule has 90 valence electrons. The zero-order valence-electron chi connectivity index (χ0n) is 9.56. The largest absolute Gasteiger partial charge is 0.396 e. The number of nitrogens with one attached hydrogen (secondary N) is 1. The van der Waals surface area contributed by atoms with Crippen molar-refractivity contribution in [2.75, 3.05) is 13.2 Å². The van der Waals surface area contributed by atoms with Crippen LogP contribution in [0.4, 0.5) is 0 Å². The third kappa shape index (κ3) is 3.86. The summed E-state index contributed by atoms with van der Waals surface area (Å²) in [4.78, 5) is 12.2. The zero-order chi connectivity index (χ0) is 12.0. The van der Waals surface area contributed by atoms with E-state index in [4.69, 9.17) is 5.11 Å². The molecule has 0 aliphatic carbocycles. The molecule has 1 aromatic rings. The smallest absolute Gasteiger partial charge is 0.264 e. The molecule has 0 saturated carbocycles. The molecule has 0 aliphatic rings. The van der Waals surface area contributed by atoms with Crippen molar-refractivity contribution in [3.8, 4) is 0 Å². The van der Waals surface area contributed by atoms with Gasteiger partial charge in [-0.25, -0.2) is 0 Å². The van der Waals surface area contributed by atoms with Gasteiger partial charge in [-0.2, -0.15) is 0 Å². The first-order valence-corrected chi connectivity index (χ1v) is 6.10. The molecule has 6 heteroatoms. The van der Waals surface area contributed by atoms with Gasteiger partial charge in [0.2, 0.25) is 0 Å². The monoisotopic (exact) mass is 243 g/mol. The molecule has 1 rings (SSSR count). The highest BCUT2D eigenvalue weighted by Crippen LogP contribution is 2.08. The minimum absolute atomic E-state index is 0.107. The van der Waals surface area contributed by atoms with Gasteiger partial charge in [0, 0.05) is 13.2 Å². The van der Waals surface area contributed by atoms with Gasteiger partial charge in [-0.3, -0.25) is 4.79 Å². The fraction of sp³-hybridized carbons (Fsp3) is 0.700. The third-order valence-electron chi connectivity index (χ3n) is 2.33. The minimum atomic E-state index is -0.107. The average Bonchev–Trinajstić information content (AvgIpc) is 2.70. The summed E-state index contributed by atoms with van der Waals surface area (Å²) in [5, 5.41) is 15.4. The summed E-state index contributed by atoms with van der Waals surface area (Å²) in [6, 6.07) is 0. The SMILES string of the molecule is Cc1nnsc1C(=O)NCCCC(C)CO. The number of aliphatic hydroxyl groups is 1. The van der Waals surface area contributed by atoms with Crippen LogP contribution in [0, 0.1) is 12.8 Å². The standard InChI is InChI=1S/C10H17N3O2S/c1-7(6-14)4-3-5-11-10(15)9-8(2)12-13-16-9/h7,14H,3-6H2,1-2H3,(H,11,15). The van der Waals surface area contributed by atoms with Crippen LogP contribution in [0.5, 0.6) is 0 Å². The van der Waals surface area contributed by atoms with Crippen LogP contribution in [-0.4, -0.2) is 33.8 Å². The van der Waals surface area contributed by atoms with Gasteiger partial charge in [0.15, 0.2) is 0 Å². The number of amides is 1. The lowest BCUT2D eigenvalue weighted by atomic mass is 10.1. The predicted octanol–water partition coefficient (Wildman–Crippen LogP) is 0.985. The number of carbonyl (C=O) groups excluding carboxylic acids is 1. The molecule has 1 atom stereocenters. The molecule has 1 amide bonds. The molecule has 16 heavy (non-hydrogen) atoms. The van der Waals surface area contributed by atoms with E-state index in [9.17, 15) is 4.79 Å². The van der Waals surface area contributed by atoms with Crippen LogP contribution in [0.25, 0.3) is 0 Å². The van der Waals surface area contributed by atoms with Crippen LogP contribution in [0.3, 0.4) is 0 Å². The maximum Gasteiger partial charge on any atom is 0.264 e. The lowest BCUT2D eigenvalue weighted by Gasteiger charge is -2.07. The Kier molecular flexibility index (Phi) is 5.34. The quantitative estimate of drug-likeness (QED) is 0.730. The Balaban J connectivity index is 2.24. The molecule has 0 fully saturated rings. The van der Waals surface area contributed by atoms with Gasteiger partial charge in [-0.15, -0.1) is 5.10 Å². The van der Waals surface area contributed by atoms with Gasteiger partial charge in [0.25, 0.3) is 5.91 Å². The van der Waals surface area contributed by atoms with E-state index in [0.717, 1.165) is 24.4 Å². The van der Waals surface area contributed by atoms with E-state index < -0.39 is 0 Å². The molecule has 1 heterocycles. The Hall–Kier alpha value is -1.01. The number of nitrogens with zero attached hydrogens (tertiary/aromatic N) is 2. The van der Waals surface area contributed by atoms with Crippen molar-refractivity contribution in [2.24, 2.45) is 5.92 Å². The third-order valence-corrected chi connectivity index (χ3v) is 3.16. The Labute approximate surface area is 99.0 Å². The highest BCUT2D eigenvalue weighted by atomic mass is 32.1. The first-order valence-electron chi connectivity index (χ1n) is 5.33. The Morgan fingerprint density at radius 2 is 2.38 bits per heavy atom. The second kappa shape index (κ2) is 6.55. The van der Waals surface area contributed by atoms with Crippen LogP contribution in [-0.2, 0) is 0 Å². The number of aryl methyl sites for hydroxylation is 1. The second-order valence-corrected chi connectivity index (χ2v) is 4.63. The maximum atomic E-state index is 11.6. The fourth-order valence-electron chi connectivity index (χ4n) is 1.26. The van der Waals surface area contributed by atoms with Gasteiger partial charge in [-0.05, 0) is 37.2 Å². The van der Waals surface area contributed by atoms with Crippen LogP contribution >= 0.6 is 11.5 Å². The van der Waals surface area contributed by atoms with Gasteiger partial charge in [0.05, 0.1) is 5.69 Å². The molecule has 2 N–H and O–H groups in total. The van der Waals surface area contributed by atoms with E-state index in [-0.39, 0.29) is 12.5 Å². The van der Waals surface area contributed by atoms with Crippen molar-refractivity contribution < 1.29 is 9.90 Å². The Bertz CT molecular complexity index is 341. The minimum Gasteiger partial charge on any atom is -0.396 e. The Morgan fingerprint density at radius 1 is 1.62 bits per heavy atom. The lowest BCUT2D eigenvalue weighted by molar-refractivity contribution is 0.0955. The van der Waals surface area contributed by atoms with Crippen LogP contribution in [0.1, 0.15) is 35.1 Å². The van der Waals surface area contributed by atoms with E-state index in [1.807, 2.05) is 6.92 Å². The summed E-state index contributed by atoms with van der Waals surface area (Å²) >= 11 is 1.11. The summed E-state index contributed by atoms with van der Waals surface area (Å²) in [6.07, 6.45) is 1.79. The summed E-state index contributed by atoms with van der Waals surface area (Å²) < 4.78 is 3.71. The van der Waals surface area contributed by atoms with Gasteiger partial charge in [-0.1, -0.05) is 11.4 Å². The molecule has 0 radical (unpaired) electrons. The molecule has 0 saturated heterocycles. The molecule has 1 aromatic heterocycles. The number of hydrogen-bond donors (Lipinski definition) is 2. The van der Waals surface area contributed by atoms with Crippen molar-refractivity contribution in [3.05, 3.63) is 10.6 Å². The van der Waals surface area contributed by atoms with Gasteiger partial charge < -0.3 is 10.4 Å². The highest BCUT2D eigenvalue weighted by Gasteiger charge is 2.12. The molecule has 1 unspecified atom stereocenters. The zero-order valence-corrected chi connectivity index (χ0v) is 10.4. The van der Waals surface area contributed by atoms with Crippen molar-refractivity contribution in [1.82, 2.24) is 14.9 Å². The van der Waals surface area contributed by atoms with Crippen molar-refractivity contribution >= 4 is 17.4 Å². The fourth-order valence-corrected chi connectivity index (χ4v) is 1.84. The number of carbonyl (C=O) groups is 1. The van der Waals surface area contributed by atoms with E-state index in [1.165, 1.54) is 0 Å². The van der Waals surface area contributed by atoms with Crippen LogP contribution in [0.2, 0.25) is 0 Å². The van der Waals surface area contributed by atoms with Crippen LogP contribution in [0.15, 0.2) is 0 Å². The van der Waals surface area contributed by atoms with E-state index in [0.29, 0.717) is 23.0 Å².